The number of aromatic nitrogens is 2. The molecule has 0 atom stereocenters. The second-order valence-corrected chi connectivity index (χ2v) is 17.6. The molecule has 24 nitrogen and oxygen atoms in total. The van der Waals surface area contributed by atoms with E-state index in [2.05, 4.69) is 49.3 Å². The average Bonchev–Trinajstić information content (AvgIpc) is 3.11. The zero-order chi connectivity index (χ0) is 43.5. The van der Waals surface area contributed by atoms with Crippen LogP contribution in [-0.4, -0.2) is 74.8 Å². The Bertz CT molecular complexity index is 2980. The fourth-order valence-electron chi connectivity index (χ4n) is 4.80. The Morgan fingerprint density at radius 1 is 0.778 bits per heavy atom. The first kappa shape index (κ1) is 59.6. The molecule has 0 radical (unpaired) electrons. The first-order chi connectivity index (χ1) is 27.5. The van der Waals surface area contributed by atoms with Gasteiger partial charge in [0.1, 0.15) is 43.1 Å². The van der Waals surface area contributed by atoms with Crippen molar-refractivity contribution >= 4 is 103 Å². The normalized spacial score (nSPS) is 12.0. The van der Waals surface area contributed by atoms with Crippen LogP contribution >= 0.6 is 12.0 Å². The van der Waals surface area contributed by atoms with E-state index in [0.717, 1.165) is 48.5 Å². The number of nitrogens with two attached hydrogens (primary N) is 1. The van der Waals surface area contributed by atoms with Gasteiger partial charge in [-0.25, -0.2) is 33.7 Å². The molecule has 0 saturated carbocycles. The molecule has 0 amide bonds. The molecule has 314 valence electrons. The molecule has 0 bridgehead atoms. The van der Waals surface area contributed by atoms with Gasteiger partial charge in [-0.1, -0.05) is 0 Å². The third kappa shape index (κ3) is 16.1. The van der Waals surface area contributed by atoms with Gasteiger partial charge in [-0.3, -0.25) is 9.22 Å². The monoisotopic (exact) mass is 1010 g/mol. The molecule has 4 N–H and O–H groups in total. The molecule has 35 heteroatoms. The molecule has 0 fully saturated rings. The molecule has 0 aliphatic rings. The standard InChI is InChI=1S/C28H22F2N8O16S5.4Na/c29-21-12-22(34-28(30)33-21)32-15-3-6-19(57(43,44)45)17(11-15)36-37-25-18(55-54-53-40)9-13-10-20(58(46,47)48)26(24(31)23(13)27(25)39)38-35-14-1-4-16(5-2-14)56(41,42)8-7-52-59(49,50)51;;;;/h1-6,9-12,39-40H,7-8,31H2,(H,32,33,34)(H,43,44,45)(H,46,47,48)(H,49,50,51);;;;/q;4*+1/p-4. The van der Waals surface area contributed by atoms with Crippen molar-refractivity contribution in [3.63, 3.8) is 0 Å². The third-order valence-corrected chi connectivity index (χ3v) is 11.7. The third-order valence-electron chi connectivity index (χ3n) is 7.20. The summed E-state index contributed by atoms with van der Waals surface area (Å²) in [6, 6.07) is 8.96. The second-order valence-electron chi connectivity index (χ2n) is 11.0. The van der Waals surface area contributed by atoms with Crippen LogP contribution in [0.1, 0.15) is 0 Å². The van der Waals surface area contributed by atoms with Gasteiger partial charge in [0, 0.05) is 11.8 Å². The summed E-state index contributed by atoms with van der Waals surface area (Å²) in [6.45, 7) is -0.982. The number of fused-ring (bicyclic) bond motifs is 1. The van der Waals surface area contributed by atoms with Gasteiger partial charge in [-0.15, -0.1) is 15.3 Å². The number of rotatable bonds is 16. The van der Waals surface area contributed by atoms with Crippen molar-refractivity contribution in [2.24, 2.45) is 20.5 Å². The molecule has 5 rings (SSSR count). The van der Waals surface area contributed by atoms with Gasteiger partial charge in [-0.05, 0) is 60.0 Å². The van der Waals surface area contributed by atoms with Crippen LogP contribution in [0.2, 0.25) is 0 Å². The average molecular weight is 1010 g/mol. The number of azo groups is 2. The number of phenolic OH excluding ortho intramolecular Hbond substituents is 1. The number of hydrogen-bond donors (Lipinski definition) is 3. The van der Waals surface area contributed by atoms with Crippen LogP contribution in [-0.2, 0) is 54.0 Å². The van der Waals surface area contributed by atoms with Crippen molar-refractivity contribution in [1.82, 2.24) is 9.97 Å². The van der Waals surface area contributed by atoms with Gasteiger partial charge in [-0.2, -0.15) is 28.2 Å². The van der Waals surface area contributed by atoms with E-state index in [4.69, 9.17) is 5.73 Å². The minimum Gasteiger partial charge on any atom is -0.744 e. The number of anilines is 3. The van der Waals surface area contributed by atoms with E-state index < -0.39 is 119 Å². The van der Waals surface area contributed by atoms with Crippen molar-refractivity contribution in [2.75, 3.05) is 23.4 Å². The van der Waals surface area contributed by atoms with Crippen LogP contribution in [0, 0.1) is 12.0 Å². The molecule has 63 heavy (non-hydrogen) atoms. The van der Waals surface area contributed by atoms with Gasteiger partial charge in [0.05, 0.1) is 60.7 Å². The maximum atomic E-state index is 13.6. The summed E-state index contributed by atoms with van der Waals surface area (Å²) in [7, 11) is -20.1. The Morgan fingerprint density at radius 2 is 1.40 bits per heavy atom. The summed E-state index contributed by atoms with van der Waals surface area (Å²) in [5.74, 6) is -3.66. The summed E-state index contributed by atoms with van der Waals surface area (Å²) in [5.41, 5.74) is 2.81. The Hall–Kier alpha value is -1.45. The van der Waals surface area contributed by atoms with Crippen molar-refractivity contribution in [3.05, 3.63) is 72.7 Å². The van der Waals surface area contributed by atoms with Crippen LogP contribution in [0.15, 0.2) is 101 Å². The van der Waals surface area contributed by atoms with E-state index in [1.54, 1.807) is 0 Å². The number of nitrogens with one attached hydrogen (secondary N) is 1. The quantitative estimate of drug-likeness (QED) is 0.00789. The molecule has 1 aromatic heterocycles. The fraction of sp³-hybridized carbons (Fsp3) is 0.0714. The maximum absolute atomic E-state index is 13.6. The summed E-state index contributed by atoms with van der Waals surface area (Å²) in [4.78, 5) is 3.22. The number of phenols is 1. The van der Waals surface area contributed by atoms with Crippen LogP contribution in [0.25, 0.3) is 10.8 Å². The van der Waals surface area contributed by atoms with E-state index in [-0.39, 0.29) is 152 Å². The van der Waals surface area contributed by atoms with Crippen LogP contribution in [0.4, 0.5) is 48.7 Å². The van der Waals surface area contributed by atoms with E-state index in [1.807, 2.05) is 0 Å². The van der Waals surface area contributed by atoms with Gasteiger partial charge >= 0.3 is 124 Å². The van der Waals surface area contributed by atoms with Crippen LogP contribution < -0.4 is 135 Å². The largest absolute Gasteiger partial charge is 1.00 e. The topological polar surface area (TPSA) is 390 Å². The van der Waals surface area contributed by atoms with Crippen LogP contribution in [0.3, 0.4) is 0 Å². The minimum atomic E-state index is -5.46. The minimum absolute atomic E-state index is 0. The smallest absolute Gasteiger partial charge is 0.744 e. The summed E-state index contributed by atoms with van der Waals surface area (Å²) >= 11 is 0.0408. The Kier molecular flexibility index (Phi) is 23.2. The molecule has 1 heterocycles. The number of hydrogen-bond acceptors (Lipinski definition) is 25. The maximum Gasteiger partial charge on any atom is 1.00 e. The van der Waals surface area contributed by atoms with Crippen molar-refractivity contribution in [3.8, 4) is 5.75 Å². The van der Waals surface area contributed by atoms with Gasteiger partial charge in [0.25, 0.3) is 0 Å². The number of benzene rings is 4. The number of nitrogen functional groups attached to an aromatic ring is 1. The molecule has 0 spiro atoms. The predicted octanol–water partition coefficient (Wildman–Crippen LogP) is -8.92. The molecule has 0 saturated heterocycles. The van der Waals surface area contributed by atoms with Crippen molar-refractivity contribution in [1.29, 1.82) is 0 Å². The first-order valence-electron chi connectivity index (χ1n) is 15.0. The molecule has 4 aromatic carbocycles. The van der Waals surface area contributed by atoms with Crippen LogP contribution in [0.5, 0.6) is 5.75 Å². The number of aromatic hydroxyl groups is 1. The first-order valence-corrected chi connectivity index (χ1v) is 21.6. The fourth-order valence-corrected chi connectivity index (χ4v) is 8.02. The molecular weight excluding hydrogens is 995 g/mol. The van der Waals surface area contributed by atoms with Crippen molar-refractivity contribution in [2.45, 2.75) is 19.6 Å². The summed E-state index contributed by atoms with van der Waals surface area (Å²) in [5, 5.41) is 42.0. The Labute approximate surface area is 447 Å². The van der Waals surface area contributed by atoms with Gasteiger partial charge < -0.3 is 35.1 Å². The molecule has 5 aromatic rings. The predicted molar refractivity (Wildman–Crippen MR) is 188 cm³/mol. The zero-order valence-corrected chi connectivity index (χ0v) is 44.4. The van der Waals surface area contributed by atoms with Crippen molar-refractivity contribution < 1.29 is 198 Å². The van der Waals surface area contributed by atoms with E-state index in [0.29, 0.717) is 12.1 Å². The number of sulfone groups is 1. The molecule has 0 unspecified atom stereocenters. The van der Waals surface area contributed by atoms with E-state index >= 15 is 0 Å². The van der Waals surface area contributed by atoms with E-state index in [1.165, 1.54) is 0 Å². The summed E-state index contributed by atoms with van der Waals surface area (Å²) in [6.07, 6.45) is -1.47. The van der Waals surface area contributed by atoms with Gasteiger partial charge in [0.15, 0.2) is 15.6 Å². The number of nitrogens with zero attached hydrogens (tertiary/aromatic N) is 6. The summed E-state index contributed by atoms with van der Waals surface area (Å²) < 4.78 is 165. The number of halogens is 2. The zero-order valence-electron chi connectivity index (χ0n) is 32.3. The SMILES string of the molecule is Nc1c(N=Nc2ccc(S(=O)(=O)CCOS(=O)(=O)[O-])cc2)c(S(=O)(=O)[O-])cc2cc(SOO[O-])c(N=Nc3cc(Nc4cc(F)nc(F)n4)ccc3S(=O)(=O)[O-])c(O)c12.[Na+].[Na+].[Na+].[Na+]. The second kappa shape index (κ2) is 24.5. The molecular formula is C28H18F2N8Na4O16S5. The van der Waals surface area contributed by atoms with E-state index in [9.17, 15) is 66.5 Å². The van der Waals surface area contributed by atoms with Gasteiger partial charge in [0.2, 0.25) is 16.3 Å². The molecule has 0 aliphatic heterocycles. The molecule has 0 aliphatic carbocycles. The Balaban J connectivity index is 0.00000496. The Morgan fingerprint density at radius 3 is 1.97 bits per heavy atom.